The van der Waals surface area contributed by atoms with Gasteiger partial charge in [-0.15, -0.1) is 0 Å². The molecular formula is C26H26N2O2. The van der Waals surface area contributed by atoms with E-state index in [9.17, 15) is 10.2 Å². The van der Waals surface area contributed by atoms with E-state index >= 15 is 0 Å². The zero-order valence-corrected chi connectivity index (χ0v) is 17.0. The van der Waals surface area contributed by atoms with Crippen molar-refractivity contribution in [2.24, 2.45) is 0 Å². The smallest absolute Gasteiger partial charge is 0.127 e. The van der Waals surface area contributed by atoms with Crippen molar-refractivity contribution in [1.82, 2.24) is 9.80 Å². The molecule has 0 bridgehead atoms. The van der Waals surface area contributed by atoms with Gasteiger partial charge >= 0.3 is 0 Å². The van der Waals surface area contributed by atoms with E-state index in [1.807, 2.05) is 60.7 Å². The number of phenols is 2. The van der Waals surface area contributed by atoms with Gasteiger partial charge in [-0.2, -0.15) is 0 Å². The van der Waals surface area contributed by atoms with Gasteiger partial charge in [0.2, 0.25) is 0 Å². The Balaban J connectivity index is 1.32. The summed E-state index contributed by atoms with van der Waals surface area (Å²) >= 11 is 0. The molecule has 30 heavy (non-hydrogen) atoms. The summed E-state index contributed by atoms with van der Waals surface area (Å²) in [5.41, 5.74) is 1.92. The maximum atomic E-state index is 10.7. The highest BCUT2D eigenvalue weighted by atomic mass is 16.3. The number of benzene rings is 4. The van der Waals surface area contributed by atoms with Crippen LogP contribution in [0.4, 0.5) is 0 Å². The van der Waals surface area contributed by atoms with Crippen molar-refractivity contribution >= 4 is 21.5 Å². The third-order valence-electron chi connectivity index (χ3n) is 6.10. The first kappa shape index (κ1) is 18.9. The summed E-state index contributed by atoms with van der Waals surface area (Å²) in [6.45, 7) is 4.27. The second-order valence-corrected chi connectivity index (χ2v) is 8.19. The molecule has 0 atom stereocenters. The molecule has 5 rings (SSSR count). The minimum atomic E-state index is 0.386. The lowest BCUT2D eigenvalue weighted by Gasteiger charge is -2.36. The average Bonchev–Trinajstić information content (AvgIpc) is 2.78. The Morgan fingerprint density at radius 3 is 1.57 bits per heavy atom. The summed E-state index contributed by atoms with van der Waals surface area (Å²) in [6, 6.07) is 24.1. The van der Waals surface area contributed by atoms with Gasteiger partial charge in [-0.1, -0.05) is 72.8 Å². The molecule has 0 amide bonds. The van der Waals surface area contributed by atoms with Crippen molar-refractivity contribution < 1.29 is 10.2 Å². The third-order valence-corrected chi connectivity index (χ3v) is 6.10. The van der Waals surface area contributed by atoms with Gasteiger partial charge in [-0.25, -0.2) is 0 Å². The van der Waals surface area contributed by atoms with Gasteiger partial charge in [0.05, 0.1) is 6.67 Å². The maximum absolute atomic E-state index is 10.7. The normalized spacial score (nSPS) is 15.7. The quantitative estimate of drug-likeness (QED) is 0.504. The number of nitrogens with zero attached hydrogens (tertiary/aromatic N) is 2. The molecule has 0 spiro atoms. The van der Waals surface area contributed by atoms with Crippen LogP contribution in [0.3, 0.4) is 0 Å². The van der Waals surface area contributed by atoms with Gasteiger partial charge in [-0.05, 0) is 17.2 Å². The molecular weight excluding hydrogens is 372 g/mol. The summed E-state index contributed by atoms with van der Waals surface area (Å²) in [7, 11) is 0. The molecule has 0 unspecified atom stereocenters. The molecule has 1 saturated heterocycles. The zero-order chi connectivity index (χ0) is 20.5. The first-order valence-electron chi connectivity index (χ1n) is 10.5. The number of rotatable bonds is 4. The highest BCUT2D eigenvalue weighted by Gasteiger charge is 2.20. The average molecular weight is 399 g/mol. The Bertz CT molecular complexity index is 1110. The molecule has 4 aromatic rings. The van der Waals surface area contributed by atoms with Gasteiger partial charge in [0.15, 0.2) is 0 Å². The standard InChI is InChI=1S/C26H26N2O2/c29-25-21(12-10-19-6-1-3-8-23(19)25)16-27-14-5-15-28(18-27)17-22-13-11-20-7-2-4-9-24(20)26(22)30/h1-4,6-13,29-30H,5,14-18H2. The molecule has 1 aliphatic rings. The van der Waals surface area contributed by atoms with Crippen LogP contribution in [0.1, 0.15) is 17.5 Å². The van der Waals surface area contributed by atoms with Gasteiger partial charge in [0, 0.05) is 48.1 Å². The lowest BCUT2D eigenvalue weighted by Crippen LogP contribution is -2.43. The predicted molar refractivity (Wildman–Crippen MR) is 122 cm³/mol. The van der Waals surface area contributed by atoms with Crippen LogP contribution in [-0.4, -0.2) is 39.8 Å². The second-order valence-electron chi connectivity index (χ2n) is 8.19. The van der Waals surface area contributed by atoms with Gasteiger partial charge < -0.3 is 10.2 Å². The molecule has 0 aromatic heterocycles. The largest absolute Gasteiger partial charge is 0.507 e. The van der Waals surface area contributed by atoms with Crippen LogP contribution in [0.5, 0.6) is 11.5 Å². The van der Waals surface area contributed by atoms with E-state index in [4.69, 9.17) is 0 Å². The Kier molecular flexibility index (Phi) is 5.03. The van der Waals surface area contributed by atoms with Crippen LogP contribution < -0.4 is 0 Å². The Morgan fingerprint density at radius 1 is 0.600 bits per heavy atom. The van der Waals surface area contributed by atoms with Crippen molar-refractivity contribution in [1.29, 1.82) is 0 Å². The molecule has 1 heterocycles. The fourth-order valence-electron chi connectivity index (χ4n) is 4.54. The summed E-state index contributed by atoms with van der Waals surface area (Å²) in [6.07, 6.45) is 1.07. The lowest BCUT2D eigenvalue weighted by molar-refractivity contribution is 0.0736. The highest BCUT2D eigenvalue weighted by molar-refractivity contribution is 5.90. The topological polar surface area (TPSA) is 46.9 Å². The van der Waals surface area contributed by atoms with E-state index in [1.54, 1.807) is 0 Å². The van der Waals surface area contributed by atoms with Crippen molar-refractivity contribution in [3.8, 4) is 11.5 Å². The van der Waals surface area contributed by atoms with Crippen molar-refractivity contribution in [3.05, 3.63) is 83.9 Å². The first-order chi connectivity index (χ1) is 14.7. The summed E-state index contributed by atoms with van der Waals surface area (Å²) in [4.78, 5) is 4.73. The summed E-state index contributed by atoms with van der Waals surface area (Å²) < 4.78 is 0. The number of hydrogen-bond donors (Lipinski definition) is 2. The van der Waals surface area contributed by atoms with E-state index in [0.717, 1.165) is 71.9 Å². The summed E-state index contributed by atoms with van der Waals surface area (Å²) in [5.74, 6) is 0.773. The van der Waals surface area contributed by atoms with Crippen molar-refractivity contribution in [3.63, 3.8) is 0 Å². The predicted octanol–water partition coefficient (Wildman–Crippen LogP) is 5.07. The molecule has 1 fully saturated rings. The highest BCUT2D eigenvalue weighted by Crippen LogP contribution is 2.31. The van der Waals surface area contributed by atoms with Crippen LogP contribution in [0, 0.1) is 0 Å². The van der Waals surface area contributed by atoms with Crippen LogP contribution >= 0.6 is 0 Å². The molecule has 2 N–H and O–H groups in total. The van der Waals surface area contributed by atoms with Crippen LogP contribution in [0.25, 0.3) is 21.5 Å². The lowest BCUT2D eigenvalue weighted by atomic mass is 10.0. The fraction of sp³-hybridized carbons (Fsp3) is 0.231. The number of hydrogen-bond acceptors (Lipinski definition) is 4. The van der Waals surface area contributed by atoms with Gasteiger partial charge in [0.25, 0.3) is 0 Å². The monoisotopic (exact) mass is 398 g/mol. The minimum Gasteiger partial charge on any atom is -0.507 e. The number of aromatic hydroxyl groups is 2. The van der Waals surface area contributed by atoms with E-state index in [-0.39, 0.29) is 0 Å². The fourth-order valence-corrected chi connectivity index (χ4v) is 4.54. The molecule has 152 valence electrons. The van der Waals surface area contributed by atoms with Crippen LogP contribution in [0.2, 0.25) is 0 Å². The number of fused-ring (bicyclic) bond motifs is 2. The first-order valence-corrected chi connectivity index (χ1v) is 10.5. The molecule has 4 heteroatoms. The van der Waals surface area contributed by atoms with E-state index in [0.29, 0.717) is 11.5 Å². The maximum Gasteiger partial charge on any atom is 0.127 e. The Morgan fingerprint density at radius 2 is 1.07 bits per heavy atom. The van der Waals surface area contributed by atoms with E-state index < -0.39 is 0 Å². The zero-order valence-electron chi connectivity index (χ0n) is 17.0. The molecule has 0 saturated carbocycles. The minimum absolute atomic E-state index is 0.386. The SMILES string of the molecule is Oc1c(CN2CCCN(Cc3ccc4ccccc4c3O)C2)ccc2ccccc12. The van der Waals surface area contributed by atoms with Crippen LogP contribution in [0.15, 0.2) is 72.8 Å². The van der Waals surface area contributed by atoms with Gasteiger partial charge in [-0.3, -0.25) is 9.80 Å². The molecule has 0 radical (unpaired) electrons. The third kappa shape index (κ3) is 3.60. The second kappa shape index (κ2) is 7.98. The Hall–Kier alpha value is -3.08. The van der Waals surface area contributed by atoms with Crippen LogP contribution in [-0.2, 0) is 13.1 Å². The molecule has 4 aromatic carbocycles. The number of phenolic OH excluding ortho intramolecular Hbond substituents is 2. The summed E-state index contributed by atoms with van der Waals surface area (Å²) in [5, 5.41) is 25.4. The Labute approximate surface area is 176 Å². The van der Waals surface area contributed by atoms with Crippen molar-refractivity contribution in [2.75, 3.05) is 19.8 Å². The van der Waals surface area contributed by atoms with Gasteiger partial charge in [0.1, 0.15) is 11.5 Å². The van der Waals surface area contributed by atoms with Crippen molar-refractivity contribution in [2.45, 2.75) is 19.5 Å². The van der Waals surface area contributed by atoms with E-state index in [1.165, 1.54) is 0 Å². The molecule has 1 aliphatic heterocycles. The van der Waals surface area contributed by atoms with E-state index in [2.05, 4.69) is 21.9 Å². The molecule has 0 aliphatic carbocycles. The molecule has 4 nitrogen and oxygen atoms in total.